The summed E-state index contributed by atoms with van der Waals surface area (Å²) < 4.78 is 5.62. The van der Waals surface area contributed by atoms with Crippen LogP contribution < -0.4 is 5.32 Å². The molecule has 1 aromatic carbocycles. The van der Waals surface area contributed by atoms with Crippen LogP contribution in [-0.2, 0) is 4.74 Å². The third-order valence-electron chi connectivity index (χ3n) is 3.44. The van der Waals surface area contributed by atoms with Gasteiger partial charge in [-0.15, -0.1) is 0 Å². The highest BCUT2D eigenvalue weighted by atomic mass is 16.5. The van der Waals surface area contributed by atoms with Gasteiger partial charge in [0.15, 0.2) is 0 Å². The molecule has 92 valence electrons. The van der Waals surface area contributed by atoms with Gasteiger partial charge in [0.2, 0.25) is 0 Å². The molecular weight excluding hydrogens is 214 g/mol. The van der Waals surface area contributed by atoms with Crippen LogP contribution in [-0.4, -0.2) is 25.2 Å². The van der Waals surface area contributed by atoms with E-state index in [-0.39, 0.29) is 12.1 Å². The van der Waals surface area contributed by atoms with Gasteiger partial charge < -0.3 is 10.1 Å². The fourth-order valence-corrected chi connectivity index (χ4v) is 2.37. The fourth-order valence-electron chi connectivity index (χ4n) is 2.37. The molecule has 0 spiro atoms. The first-order valence-corrected chi connectivity index (χ1v) is 6.39. The minimum absolute atomic E-state index is 0.0951. The Labute approximate surface area is 102 Å². The standard InChI is InChI=1S/C14H19NO2/c1-2-11-10-15-9-8-13(11)17-14(16)12-6-4-3-5-7-12/h3-7,11,13,15H,2,8-10H2,1H3/p+1. The van der Waals surface area contributed by atoms with E-state index >= 15 is 0 Å². The largest absolute Gasteiger partial charge is 0.458 e. The monoisotopic (exact) mass is 234 g/mol. The third-order valence-corrected chi connectivity index (χ3v) is 3.44. The highest BCUT2D eigenvalue weighted by molar-refractivity contribution is 5.89. The number of carbonyl (C=O) groups excluding carboxylic acids is 1. The fraction of sp³-hybridized carbons (Fsp3) is 0.500. The summed E-state index contributed by atoms with van der Waals surface area (Å²) in [6.07, 6.45) is 2.14. The molecule has 2 atom stereocenters. The van der Waals surface area contributed by atoms with Gasteiger partial charge in [-0.05, 0) is 18.6 Å². The summed E-state index contributed by atoms with van der Waals surface area (Å²) >= 11 is 0. The van der Waals surface area contributed by atoms with E-state index in [4.69, 9.17) is 4.74 Å². The summed E-state index contributed by atoms with van der Waals surface area (Å²) in [5.41, 5.74) is 0.650. The SMILES string of the molecule is CCC1C[NH2+]CCC1OC(=O)c1ccccc1. The number of benzene rings is 1. The van der Waals surface area contributed by atoms with Crippen molar-refractivity contribution < 1.29 is 14.8 Å². The Morgan fingerprint density at radius 3 is 2.88 bits per heavy atom. The van der Waals surface area contributed by atoms with Crippen molar-refractivity contribution in [3.63, 3.8) is 0 Å². The molecule has 2 unspecified atom stereocenters. The first-order valence-electron chi connectivity index (χ1n) is 6.39. The molecule has 1 fully saturated rings. The molecule has 1 saturated heterocycles. The second-order valence-electron chi connectivity index (χ2n) is 4.58. The summed E-state index contributed by atoms with van der Waals surface area (Å²) in [5.74, 6) is 0.312. The van der Waals surface area contributed by atoms with Crippen molar-refractivity contribution in [3.05, 3.63) is 35.9 Å². The Kier molecular flexibility index (Phi) is 4.15. The minimum Gasteiger partial charge on any atom is -0.458 e. The zero-order valence-corrected chi connectivity index (χ0v) is 10.3. The molecule has 3 nitrogen and oxygen atoms in total. The zero-order chi connectivity index (χ0) is 12.1. The quantitative estimate of drug-likeness (QED) is 0.799. The molecule has 1 aliphatic heterocycles. The summed E-state index contributed by atoms with van der Waals surface area (Å²) in [4.78, 5) is 11.9. The van der Waals surface area contributed by atoms with E-state index in [2.05, 4.69) is 12.2 Å². The molecule has 0 saturated carbocycles. The second-order valence-corrected chi connectivity index (χ2v) is 4.58. The second kappa shape index (κ2) is 5.82. The van der Waals surface area contributed by atoms with E-state index in [0.29, 0.717) is 11.5 Å². The predicted molar refractivity (Wildman–Crippen MR) is 65.7 cm³/mol. The van der Waals surface area contributed by atoms with E-state index in [9.17, 15) is 4.79 Å². The summed E-state index contributed by atoms with van der Waals surface area (Å²) in [7, 11) is 0. The smallest absolute Gasteiger partial charge is 0.338 e. The van der Waals surface area contributed by atoms with Gasteiger partial charge in [-0.25, -0.2) is 4.79 Å². The summed E-state index contributed by atoms with van der Waals surface area (Å²) in [6, 6.07) is 9.24. The lowest BCUT2D eigenvalue weighted by atomic mass is 9.93. The van der Waals surface area contributed by atoms with Crippen molar-refractivity contribution in [2.24, 2.45) is 5.92 Å². The first-order chi connectivity index (χ1) is 8.31. The Bertz CT molecular complexity index is 364. The van der Waals surface area contributed by atoms with Gasteiger partial charge in [0.05, 0.1) is 18.7 Å². The lowest BCUT2D eigenvalue weighted by Gasteiger charge is -2.28. The maximum Gasteiger partial charge on any atom is 0.338 e. The van der Waals surface area contributed by atoms with Crippen LogP contribution in [0.4, 0.5) is 0 Å². The Morgan fingerprint density at radius 1 is 1.41 bits per heavy atom. The first kappa shape index (κ1) is 12.1. The van der Waals surface area contributed by atoms with Crippen LogP contribution in [0.5, 0.6) is 0 Å². The molecule has 1 heterocycles. The van der Waals surface area contributed by atoms with Gasteiger partial charge >= 0.3 is 5.97 Å². The number of esters is 1. The van der Waals surface area contributed by atoms with E-state index in [1.165, 1.54) is 0 Å². The highest BCUT2D eigenvalue weighted by Gasteiger charge is 2.29. The molecule has 0 aliphatic carbocycles. The van der Waals surface area contributed by atoms with Crippen molar-refractivity contribution in [3.8, 4) is 0 Å². The molecule has 0 bridgehead atoms. The zero-order valence-electron chi connectivity index (χ0n) is 10.3. The molecule has 2 N–H and O–H groups in total. The predicted octanol–water partition coefficient (Wildman–Crippen LogP) is 1.21. The van der Waals surface area contributed by atoms with E-state index in [0.717, 1.165) is 25.9 Å². The lowest BCUT2D eigenvalue weighted by Crippen LogP contribution is -2.88. The molecule has 0 amide bonds. The van der Waals surface area contributed by atoms with Crippen molar-refractivity contribution >= 4 is 5.97 Å². The average Bonchev–Trinajstić information content (AvgIpc) is 2.40. The number of hydrogen-bond acceptors (Lipinski definition) is 2. The van der Waals surface area contributed by atoms with Crippen LogP contribution in [0.2, 0.25) is 0 Å². The number of quaternary nitrogens is 1. The van der Waals surface area contributed by atoms with Crippen LogP contribution in [0.25, 0.3) is 0 Å². The molecule has 0 radical (unpaired) electrons. The van der Waals surface area contributed by atoms with Gasteiger partial charge in [-0.1, -0.05) is 25.1 Å². The van der Waals surface area contributed by atoms with Gasteiger partial charge in [-0.3, -0.25) is 0 Å². The number of carbonyl (C=O) groups is 1. The van der Waals surface area contributed by atoms with Gasteiger partial charge in [0.25, 0.3) is 0 Å². The summed E-state index contributed by atoms with van der Waals surface area (Å²) in [5, 5.41) is 2.31. The molecular formula is C14H20NO2+. The Morgan fingerprint density at radius 2 is 2.18 bits per heavy atom. The van der Waals surface area contributed by atoms with Crippen LogP contribution in [0.3, 0.4) is 0 Å². The maximum atomic E-state index is 11.9. The van der Waals surface area contributed by atoms with Crippen molar-refractivity contribution in [1.82, 2.24) is 0 Å². The van der Waals surface area contributed by atoms with E-state index < -0.39 is 0 Å². The van der Waals surface area contributed by atoms with Crippen molar-refractivity contribution in [2.75, 3.05) is 13.1 Å². The van der Waals surface area contributed by atoms with Crippen LogP contribution >= 0.6 is 0 Å². The molecule has 1 aliphatic rings. The minimum atomic E-state index is -0.184. The van der Waals surface area contributed by atoms with Crippen molar-refractivity contribution in [2.45, 2.75) is 25.9 Å². The normalized spacial score (nSPS) is 24.3. The maximum absolute atomic E-state index is 11.9. The van der Waals surface area contributed by atoms with Gasteiger partial charge in [0.1, 0.15) is 6.10 Å². The van der Waals surface area contributed by atoms with Crippen LogP contribution in [0.15, 0.2) is 30.3 Å². The topological polar surface area (TPSA) is 42.9 Å². The highest BCUT2D eigenvalue weighted by Crippen LogP contribution is 2.17. The number of nitrogens with two attached hydrogens (primary N) is 1. The molecule has 0 aromatic heterocycles. The number of hydrogen-bond donors (Lipinski definition) is 1. The Balaban J connectivity index is 1.98. The number of piperidine rings is 1. The van der Waals surface area contributed by atoms with Gasteiger partial charge in [-0.2, -0.15) is 0 Å². The molecule has 2 rings (SSSR count). The number of ether oxygens (including phenoxy) is 1. The van der Waals surface area contributed by atoms with Crippen molar-refractivity contribution in [1.29, 1.82) is 0 Å². The number of rotatable bonds is 3. The molecule has 1 aromatic rings. The van der Waals surface area contributed by atoms with E-state index in [1.54, 1.807) is 12.1 Å². The summed E-state index contributed by atoms with van der Waals surface area (Å²) in [6.45, 7) is 4.29. The van der Waals surface area contributed by atoms with Gasteiger partial charge in [0, 0.05) is 12.3 Å². The van der Waals surface area contributed by atoms with Crippen LogP contribution in [0.1, 0.15) is 30.1 Å². The average molecular weight is 234 g/mol. The van der Waals surface area contributed by atoms with E-state index in [1.807, 2.05) is 18.2 Å². The third kappa shape index (κ3) is 3.07. The lowest BCUT2D eigenvalue weighted by molar-refractivity contribution is -0.672. The molecule has 3 heteroatoms. The molecule has 17 heavy (non-hydrogen) atoms. The Hall–Kier alpha value is -1.35. The van der Waals surface area contributed by atoms with Crippen LogP contribution in [0, 0.1) is 5.92 Å².